The van der Waals surface area contributed by atoms with Gasteiger partial charge in [-0.3, -0.25) is 4.98 Å². The van der Waals surface area contributed by atoms with Crippen molar-refractivity contribution < 1.29 is 0 Å². The fourth-order valence-corrected chi connectivity index (χ4v) is 1.07. The van der Waals surface area contributed by atoms with E-state index in [0.29, 0.717) is 10.8 Å². The Morgan fingerprint density at radius 2 is 2.00 bits per heavy atom. The van der Waals surface area contributed by atoms with Crippen LogP contribution in [0.5, 0.6) is 0 Å². The molecule has 2 aromatic rings. The lowest BCUT2D eigenvalue weighted by Crippen LogP contribution is -1.87. The maximum absolute atomic E-state index is 5.69. The van der Waals surface area contributed by atoms with Crippen molar-refractivity contribution in [2.45, 2.75) is 0 Å². The van der Waals surface area contributed by atoms with Crippen LogP contribution in [0, 0.1) is 0 Å². The summed E-state index contributed by atoms with van der Waals surface area (Å²) in [7, 11) is 0. The molecule has 0 amide bonds. The predicted octanol–water partition coefficient (Wildman–Crippen LogP) is 1.59. The summed E-state index contributed by atoms with van der Waals surface area (Å²) in [5.74, 6) is 0. The smallest absolute Gasteiger partial charge is 0.148 e. The van der Waals surface area contributed by atoms with Gasteiger partial charge in [-0.1, -0.05) is 11.6 Å². The summed E-state index contributed by atoms with van der Waals surface area (Å²) in [6, 6.07) is 1.80. The van der Waals surface area contributed by atoms with Crippen molar-refractivity contribution in [3.63, 3.8) is 0 Å². The van der Waals surface area contributed by atoms with E-state index in [1.54, 1.807) is 24.7 Å². The minimum Gasteiger partial charge on any atom is -0.259 e. The molecule has 0 unspecified atom stereocenters. The molecule has 0 spiro atoms. The average Bonchev–Trinajstić information content (AvgIpc) is 2.19. The molecular formula is C8H5ClN4. The first kappa shape index (κ1) is 8.07. The van der Waals surface area contributed by atoms with Crippen molar-refractivity contribution in [1.82, 2.24) is 20.2 Å². The fourth-order valence-electron chi connectivity index (χ4n) is 0.923. The number of nitrogens with zero attached hydrogens (tertiary/aromatic N) is 4. The molecular weight excluding hydrogens is 188 g/mol. The number of hydrogen-bond donors (Lipinski definition) is 0. The standard InChI is InChI=1S/C8H5ClN4/c9-8-5-10-4-7(13-8)6-1-2-11-12-3-6/h1-5H. The maximum Gasteiger partial charge on any atom is 0.148 e. The minimum atomic E-state index is 0.370. The number of aromatic nitrogens is 4. The predicted molar refractivity (Wildman–Crippen MR) is 48.1 cm³/mol. The third-order valence-electron chi connectivity index (χ3n) is 1.49. The highest BCUT2D eigenvalue weighted by Gasteiger charge is 1.99. The normalized spacial score (nSPS) is 9.92. The second-order valence-electron chi connectivity index (χ2n) is 2.36. The third-order valence-corrected chi connectivity index (χ3v) is 1.67. The van der Waals surface area contributed by atoms with Crippen LogP contribution in [-0.4, -0.2) is 20.2 Å². The maximum atomic E-state index is 5.69. The Balaban J connectivity index is 2.48. The molecule has 2 aromatic heterocycles. The van der Waals surface area contributed by atoms with E-state index in [1.165, 1.54) is 6.20 Å². The topological polar surface area (TPSA) is 51.6 Å². The van der Waals surface area contributed by atoms with Crippen LogP contribution < -0.4 is 0 Å². The van der Waals surface area contributed by atoms with Crippen molar-refractivity contribution in [3.05, 3.63) is 36.0 Å². The van der Waals surface area contributed by atoms with Gasteiger partial charge in [-0.2, -0.15) is 10.2 Å². The quantitative estimate of drug-likeness (QED) is 0.689. The molecule has 64 valence electrons. The zero-order valence-electron chi connectivity index (χ0n) is 6.55. The molecule has 2 heterocycles. The van der Waals surface area contributed by atoms with Crippen molar-refractivity contribution >= 4 is 11.6 Å². The molecule has 0 bridgehead atoms. The minimum absolute atomic E-state index is 0.370. The molecule has 4 nitrogen and oxygen atoms in total. The van der Waals surface area contributed by atoms with Gasteiger partial charge >= 0.3 is 0 Å². The molecule has 2 rings (SSSR count). The summed E-state index contributed by atoms with van der Waals surface area (Å²) >= 11 is 5.69. The van der Waals surface area contributed by atoms with Crippen LogP contribution in [0.3, 0.4) is 0 Å². The van der Waals surface area contributed by atoms with Crippen LogP contribution in [0.2, 0.25) is 5.15 Å². The molecule has 0 atom stereocenters. The van der Waals surface area contributed by atoms with E-state index in [9.17, 15) is 0 Å². The third kappa shape index (κ3) is 1.78. The molecule has 0 radical (unpaired) electrons. The summed E-state index contributed by atoms with van der Waals surface area (Å²) in [4.78, 5) is 8.00. The van der Waals surface area contributed by atoms with Crippen molar-refractivity contribution in [3.8, 4) is 11.3 Å². The Morgan fingerprint density at radius 1 is 1.08 bits per heavy atom. The van der Waals surface area contributed by atoms with E-state index >= 15 is 0 Å². The second kappa shape index (κ2) is 3.45. The first-order chi connectivity index (χ1) is 6.36. The molecule has 0 N–H and O–H groups in total. The molecule has 5 heteroatoms. The summed E-state index contributed by atoms with van der Waals surface area (Å²) in [5, 5.41) is 7.76. The van der Waals surface area contributed by atoms with E-state index in [2.05, 4.69) is 20.2 Å². The number of hydrogen-bond acceptors (Lipinski definition) is 4. The van der Waals surface area contributed by atoms with Crippen LogP contribution in [0.15, 0.2) is 30.9 Å². The van der Waals surface area contributed by atoms with E-state index in [-0.39, 0.29) is 0 Å². The van der Waals surface area contributed by atoms with Gasteiger partial charge in [0.25, 0.3) is 0 Å². The van der Waals surface area contributed by atoms with E-state index < -0.39 is 0 Å². The fraction of sp³-hybridized carbons (Fsp3) is 0. The van der Waals surface area contributed by atoms with E-state index in [1.807, 2.05) is 0 Å². The summed E-state index contributed by atoms with van der Waals surface area (Å²) in [5.41, 5.74) is 1.55. The first-order valence-electron chi connectivity index (χ1n) is 3.61. The van der Waals surface area contributed by atoms with Gasteiger partial charge < -0.3 is 0 Å². The van der Waals surface area contributed by atoms with E-state index in [4.69, 9.17) is 11.6 Å². The van der Waals surface area contributed by atoms with Gasteiger partial charge in [0.15, 0.2) is 0 Å². The Hall–Kier alpha value is -1.55. The van der Waals surface area contributed by atoms with Crippen LogP contribution in [0.4, 0.5) is 0 Å². The first-order valence-corrected chi connectivity index (χ1v) is 3.98. The highest BCUT2D eigenvalue weighted by Crippen LogP contribution is 2.14. The van der Waals surface area contributed by atoms with Gasteiger partial charge in [0.2, 0.25) is 0 Å². The van der Waals surface area contributed by atoms with Gasteiger partial charge in [0.05, 0.1) is 30.5 Å². The largest absolute Gasteiger partial charge is 0.259 e. The van der Waals surface area contributed by atoms with Gasteiger partial charge in [-0.25, -0.2) is 4.98 Å². The zero-order valence-corrected chi connectivity index (χ0v) is 7.31. The van der Waals surface area contributed by atoms with Crippen molar-refractivity contribution in [2.24, 2.45) is 0 Å². The van der Waals surface area contributed by atoms with E-state index in [0.717, 1.165) is 5.56 Å². The van der Waals surface area contributed by atoms with Gasteiger partial charge in [-0.05, 0) is 6.07 Å². The summed E-state index contributed by atoms with van der Waals surface area (Å²) in [6.07, 6.45) is 6.32. The molecule has 0 aliphatic carbocycles. The lowest BCUT2D eigenvalue weighted by Gasteiger charge is -1.97. The van der Waals surface area contributed by atoms with Crippen LogP contribution in [0.1, 0.15) is 0 Å². The highest BCUT2D eigenvalue weighted by molar-refractivity contribution is 6.29. The molecule has 0 saturated carbocycles. The summed E-state index contributed by atoms with van der Waals surface area (Å²) in [6.45, 7) is 0. The Labute approximate surface area is 79.6 Å². The zero-order chi connectivity index (χ0) is 9.10. The Kier molecular flexibility index (Phi) is 2.14. The van der Waals surface area contributed by atoms with Crippen LogP contribution in [0.25, 0.3) is 11.3 Å². The van der Waals surface area contributed by atoms with Crippen molar-refractivity contribution in [1.29, 1.82) is 0 Å². The SMILES string of the molecule is Clc1cncc(-c2ccnnc2)n1. The highest BCUT2D eigenvalue weighted by atomic mass is 35.5. The molecule has 0 fully saturated rings. The average molecular weight is 193 g/mol. The lowest BCUT2D eigenvalue weighted by atomic mass is 10.2. The van der Waals surface area contributed by atoms with Gasteiger partial charge in [-0.15, -0.1) is 0 Å². The summed E-state index contributed by atoms with van der Waals surface area (Å²) < 4.78 is 0. The monoisotopic (exact) mass is 192 g/mol. The van der Waals surface area contributed by atoms with Gasteiger partial charge in [0.1, 0.15) is 5.15 Å². The second-order valence-corrected chi connectivity index (χ2v) is 2.75. The number of halogens is 1. The van der Waals surface area contributed by atoms with Crippen LogP contribution >= 0.6 is 11.6 Å². The molecule has 0 saturated heterocycles. The number of rotatable bonds is 1. The molecule has 0 aliphatic heterocycles. The Bertz CT molecular complexity index is 404. The van der Waals surface area contributed by atoms with Crippen LogP contribution in [-0.2, 0) is 0 Å². The molecule has 0 aliphatic rings. The molecule has 13 heavy (non-hydrogen) atoms. The lowest BCUT2D eigenvalue weighted by molar-refractivity contribution is 1.03. The molecule has 0 aromatic carbocycles. The van der Waals surface area contributed by atoms with Crippen molar-refractivity contribution in [2.75, 3.05) is 0 Å². The van der Waals surface area contributed by atoms with Gasteiger partial charge in [0, 0.05) is 5.56 Å². The Morgan fingerprint density at radius 3 is 2.69 bits per heavy atom.